The number of nitriles is 1. The average molecular weight is 313 g/mol. The number of likely N-dealkylation sites (N-methyl/N-ethyl adjacent to an activating group) is 1. The molecule has 6 heteroatoms. The molecule has 1 atom stereocenters. The maximum atomic E-state index is 9.39. The Labute approximate surface area is 135 Å². The van der Waals surface area contributed by atoms with Crippen LogP contribution in [0.25, 0.3) is 11.5 Å². The lowest BCUT2D eigenvalue weighted by atomic mass is 10.2. The fourth-order valence-corrected chi connectivity index (χ4v) is 2.79. The molecule has 1 fully saturated rings. The lowest BCUT2D eigenvalue weighted by Gasteiger charge is -2.17. The van der Waals surface area contributed by atoms with Crippen LogP contribution >= 0.6 is 0 Å². The molecule has 1 N–H and O–H groups in total. The summed E-state index contributed by atoms with van der Waals surface area (Å²) in [6.07, 6.45) is 1.08. The lowest BCUT2D eigenvalue weighted by molar-refractivity contribution is -0.876. The molecule has 0 bridgehead atoms. The number of oxazole rings is 1. The van der Waals surface area contributed by atoms with E-state index in [0.29, 0.717) is 17.5 Å². The summed E-state index contributed by atoms with van der Waals surface area (Å²) < 4.78 is 11.1. The van der Waals surface area contributed by atoms with Crippen LogP contribution in [0.15, 0.2) is 28.7 Å². The molecule has 23 heavy (non-hydrogen) atoms. The molecule has 120 valence electrons. The van der Waals surface area contributed by atoms with Crippen molar-refractivity contribution >= 4 is 5.88 Å². The molecule has 2 aromatic rings. The summed E-state index contributed by atoms with van der Waals surface area (Å²) in [4.78, 5) is 8.00. The van der Waals surface area contributed by atoms with Gasteiger partial charge in [-0.2, -0.15) is 10.2 Å². The van der Waals surface area contributed by atoms with E-state index in [-0.39, 0.29) is 0 Å². The third-order valence-corrected chi connectivity index (χ3v) is 4.18. The summed E-state index contributed by atoms with van der Waals surface area (Å²) in [7, 11) is 3.82. The third-order valence-electron chi connectivity index (χ3n) is 4.18. The van der Waals surface area contributed by atoms with Gasteiger partial charge in [0.15, 0.2) is 0 Å². The predicted octanol–water partition coefficient (Wildman–Crippen LogP) is 0.947. The molecule has 2 heterocycles. The Morgan fingerprint density at radius 1 is 1.26 bits per heavy atom. The van der Waals surface area contributed by atoms with Crippen LogP contribution in [0, 0.1) is 11.3 Å². The van der Waals surface area contributed by atoms with Gasteiger partial charge in [-0.15, -0.1) is 0 Å². The highest BCUT2D eigenvalue weighted by atomic mass is 16.5. The number of hydrogen-bond donors (Lipinski definition) is 1. The number of ether oxygens (including phenoxy) is 1. The minimum Gasteiger partial charge on any atom is -0.497 e. The van der Waals surface area contributed by atoms with E-state index >= 15 is 0 Å². The molecule has 0 aliphatic carbocycles. The van der Waals surface area contributed by atoms with Crippen LogP contribution in [-0.4, -0.2) is 45.3 Å². The topological polar surface area (TPSA) is 66.7 Å². The molecule has 0 spiro atoms. The first-order chi connectivity index (χ1) is 11.2. The predicted molar refractivity (Wildman–Crippen MR) is 86.7 cm³/mol. The second-order valence-electron chi connectivity index (χ2n) is 5.81. The highest BCUT2D eigenvalue weighted by molar-refractivity contribution is 5.60. The summed E-state index contributed by atoms with van der Waals surface area (Å²) in [6.45, 7) is 3.93. The number of benzene rings is 1. The smallest absolute Gasteiger partial charge is 0.235 e. The number of rotatable bonds is 3. The standard InChI is InChI=1S/C17H20N4O2/c1-20-8-3-9-21(11-10-20)17-15(12-18)19-16(23-17)13-4-6-14(22-2)7-5-13/h4-7H,3,8-11H2,1-2H3/p+1. The normalized spacial score (nSPS) is 18.3. The first-order valence-corrected chi connectivity index (χ1v) is 7.83. The van der Waals surface area contributed by atoms with E-state index in [9.17, 15) is 5.26 Å². The molecule has 1 aromatic carbocycles. The molecule has 0 amide bonds. The quantitative estimate of drug-likeness (QED) is 0.914. The largest absolute Gasteiger partial charge is 0.497 e. The van der Waals surface area contributed by atoms with Crippen LogP contribution in [0.5, 0.6) is 5.75 Å². The zero-order valence-electron chi connectivity index (χ0n) is 13.5. The Hall–Kier alpha value is -2.52. The van der Waals surface area contributed by atoms with Crippen LogP contribution in [0.4, 0.5) is 5.88 Å². The van der Waals surface area contributed by atoms with Crippen molar-refractivity contribution in [1.82, 2.24) is 4.98 Å². The SMILES string of the molecule is COc1ccc(-c2nc(C#N)c(N3CCC[NH+](C)CC3)o2)cc1. The fourth-order valence-electron chi connectivity index (χ4n) is 2.79. The molecule has 1 aliphatic heterocycles. The summed E-state index contributed by atoms with van der Waals surface area (Å²) in [5, 5.41) is 9.39. The van der Waals surface area contributed by atoms with E-state index in [1.807, 2.05) is 24.3 Å². The van der Waals surface area contributed by atoms with Gasteiger partial charge in [0.1, 0.15) is 11.8 Å². The molecule has 1 aromatic heterocycles. The van der Waals surface area contributed by atoms with Gasteiger partial charge < -0.3 is 19.0 Å². The molecule has 1 unspecified atom stereocenters. The summed E-state index contributed by atoms with van der Waals surface area (Å²) in [6, 6.07) is 9.64. The van der Waals surface area contributed by atoms with E-state index in [4.69, 9.17) is 9.15 Å². The van der Waals surface area contributed by atoms with E-state index in [0.717, 1.165) is 43.9 Å². The second kappa shape index (κ2) is 6.71. The first kappa shape index (κ1) is 15.4. The number of nitrogens with one attached hydrogen (secondary N) is 1. The highest BCUT2D eigenvalue weighted by Gasteiger charge is 2.23. The molecule has 1 saturated heterocycles. The number of nitrogens with zero attached hydrogens (tertiary/aromatic N) is 3. The molecule has 6 nitrogen and oxygen atoms in total. The first-order valence-electron chi connectivity index (χ1n) is 7.83. The Morgan fingerprint density at radius 2 is 2.04 bits per heavy atom. The van der Waals surface area contributed by atoms with Crippen molar-refractivity contribution in [2.75, 3.05) is 45.2 Å². The van der Waals surface area contributed by atoms with Crippen molar-refractivity contribution in [3.63, 3.8) is 0 Å². The van der Waals surface area contributed by atoms with Gasteiger partial charge in [0.2, 0.25) is 17.5 Å². The zero-order chi connectivity index (χ0) is 16.2. The number of quaternary nitrogens is 1. The Morgan fingerprint density at radius 3 is 2.74 bits per heavy atom. The van der Waals surface area contributed by atoms with Crippen molar-refractivity contribution in [3.05, 3.63) is 30.0 Å². The molecular formula is C17H21N4O2+. The van der Waals surface area contributed by atoms with Gasteiger partial charge in [-0.1, -0.05) is 0 Å². The molecule has 1 aliphatic rings. The van der Waals surface area contributed by atoms with E-state index in [1.165, 1.54) is 4.90 Å². The monoisotopic (exact) mass is 313 g/mol. The number of anilines is 1. The van der Waals surface area contributed by atoms with Crippen molar-refractivity contribution in [1.29, 1.82) is 5.26 Å². The highest BCUT2D eigenvalue weighted by Crippen LogP contribution is 2.29. The maximum absolute atomic E-state index is 9.39. The fraction of sp³-hybridized carbons (Fsp3) is 0.412. The average Bonchev–Trinajstić information content (AvgIpc) is 2.90. The van der Waals surface area contributed by atoms with Gasteiger partial charge in [0, 0.05) is 18.5 Å². The second-order valence-corrected chi connectivity index (χ2v) is 5.81. The number of hydrogen-bond acceptors (Lipinski definition) is 5. The molecule has 0 radical (unpaired) electrons. The van der Waals surface area contributed by atoms with E-state index in [2.05, 4.69) is 23.0 Å². The summed E-state index contributed by atoms with van der Waals surface area (Å²) >= 11 is 0. The zero-order valence-corrected chi connectivity index (χ0v) is 13.5. The minimum absolute atomic E-state index is 0.357. The van der Waals surface area contributed by atoms with E-state index < -0.39 is 0 Å². The van der Waals surface area contributed by atoms with Crippen LogP contribution in [0.1, 0.15) is 12.1 Å². The van der Waals surface area contributed by atoms with Crippen LogP contribution in [-0.2, 0) is 0 Å². The Kier molecular flexibility index (Phi) is 4.49. The Bertz CT molecular complexity index is 702. The van der Waals surface area contributed by atoms with Crippen molar-refractivity contribution in [2.45, 2.75) is 6.42 Å². The van der Waals surface area contributed by atoms with Crippen molar-refractivity contribution in [3.8, 4) is 23.3 Å². The summed E-state index contributed by atoms with van der Waals surface area (Å²) in [5.74, 6) is 1.84. The van der Waals surface area contributed by atoms with Gasteiger partial charge in [0.05, 0.1) is 33.8 Å². The third kappa shape index (κ3) is 3.30. The van der Waals surface area contributed by atoms with Crippen molar-refractivity contribution < 1.29 is 14.1 Å². The van der Waals surface area contributed by atoms with E-state index in [1.54, 1.807) is 7.11 Å². The van der Waals surface area contributed by atoms with Gasteiger partial charge in [-0.05, 0) is 24.3 Å². The number of methoxy groups -OCH3 is 1. The molecule has 3 rings (SSSR count). The van der Waals surface area contributed by atoms with Crippen LogP contribution in [0.3, 0.4) is 0 Å². The molecular weight excluding hydrogens is 292 g/mol. The number of aromatic nitrogens is 1. The minimum atomic E-state index is 0.357. The van der Waals surface area contributed by atoms with Crippen molar-refractivity contribution in [2.24, 2.45) is 0 Å². The van der Waals surface area contributed by atoms with Gasteiger partial charge >= 0.3 is 0 Å². The van der Waals surface area contributed by atoms with Gasteiger partial charge in [0.25, 0.3) is 0 Å². The van der Waals surface area contributed by atoms with Gasteiger partial charge in [-0.25, -0.2) is 0 Å². The summed E-state index contributed by atoms with van der Waals surface area (Å²) in [5.41, 5.74) is 1.20. The molecule has 0 saturated carbocycles. The maximum Gasteiger partial charge on any atom is 0.235 e. The van der Waals surface area contributed by atoms with Gasteiger partial charge in [-0.3, -0.25) is 0 Å². The Balaban J connectivity index is 1.89. The van der Waals surface area contributed by atoms with Crippen LogP contribution < -0.4 is 14.5 Å². The lowest BCUT2D eigenvalue weighted by Crippen LogP contribution is -3.09. The van der Waals surface area contributed by atoms with Crippen LogP contribution in [0.2, 0.25) is 0 Å².